The fourth-order valence-electron chi connectivity index (χ4n) is 4.62. The van der Waals surface area contributed by atoms with Crippen LogP contribution < -0.4 is 4.74 Å². The molecule has 3 heterocycles. The second-order valence-electron chi connectivity index (χ2n) is 9.91. The Hall–Kier alpha value is -3.89. The Morgan fingerprint density at radius 2 is 1.92 bits per heavy atom. The van der Waals surface area contributed by atoms with Crippen LogP contribution in [-0.2, 0) is 13.0 Å². The second kappa shape index (κ2) is 8.96. The van der Waals surface area contributed by atoms with Crippen molar-refractivity contribution in [1.29, 1.82) is 5.26 Å². The first kappa shape index (κ1) is 23.8. The molecule has 0 fully saturated rings. The van der Waals surface area contributed by atoms with Crippen LogP contribution in [0.25, 0.3) is 33.0 Å². The summed E-state index contributed by atoms with van der Waals surface area (Å²) in [4.78, 5) is 21.3. The summed E-state index contributed by atoms with van der Waals surface area (Å²) in [6.07, 6.45) is 0.749. The molecular weight excluding hydrogens is 468 g/mol. The fraction of sp³-hybridized carbons (Fsp3) is 0.276. The monoisotopic (exact) mass is 496 g/mol. The van der Waals surface area contributed by atoms with Crippen molar-refractivity contribution >= 4 is 17.2 Å². The molecule has 0 unspecified atom stereocenters. The molecule has 0 saturated heterocycles. The maximum atomic E-state index is 13.6. The molecular formula is C29H28N4O2S. The van der Waals surface area contributed by atoms with Crippen LogP contribution in [0.2, 0.25) is 0 Å². The number of rotatable bonds is 4. The Bertz CT molecular complexity index is 1500. The van der Waals surface area contributed by atoms with Crippen molar-refractivity contribution in [2.45, 2.75) is 39.3 Å². The summed E-state index contributed by atoms with van der Waals surface area (Å²) in [7, 11) is 3.48. The van der Waals surface area contributed by atoms with Gasteiger partial charge < -0.3 is 14.2 Å². The number of imidazole rings is 1. The van der Waals surface area contributed by atoms with E-state index in [-0.39, 0.29) is 11.4 Å². The molecule has 0 aliphatic carbocycles. The highest BCUT2D eigenvalue weighted by Crippen LogP contribution is 2.44. The molecule has 0 radical (unpaired) electrons. The van der Waals surface area contributed by atoms with Gasteiger partial charge in [0.1, 0.15) is 11.4 Å². The number of ether oxygens (including phenoxy) is 1. The van der Waals surface area contributed by atoms with Gasteiger partial charge in [0.25, 0.3) is 5.91 Å². The fourth-order valence-corrected chi connectivity index (χ4v) is 5.34. The number of nitriles is 1. The molecule has 36 heavy (non-hydrogen) atoms. The maximum absolute atomic E-state index is 13.6. The van der Waals surface area contributed by atoms with E-state index in [1.54, 1.807) is 23.3 Å². The Morgan fingerprint density at radius 1 is 1.14 bits per heavy atom. The third-order valence-electron chi connectivity index (χ3n) is 6.85. The summed E-state index contributed by atoms with van der Waals surface area (Å²) in [6, 6.07) is 18.0. The minimum absolute atomic E-state index is 0.0985. The van der Waals surface area contributed by atoms with Crippen molar-refractivity contribution in [3.8, 4) is 44.8 Å². The van der Waals surface area contributed by atoms with E-state index in [2.05, 4.69) is 22.8 Å². The average molecular weight is 497 g/mol. The lowest BCUT2D eigenvalue weighted by molar-refractivity contribution is 0.0638. The van der Waals surface area contributed by atoms with Gasteiger partial charge in [0.05, 0.1) is 29.3 Å². The van der Waals surface area contributed by atoms with Crippen molar-refractivity contribution in [3.05, 3.63) is 70.9 Å². The van der Waals surface area contributed by atoms with Crippen LogP contribution in [-0.4, -0.2) is 40.1 Å². The van der Waals surface area contributed by atoms with E-state index in [0.29, 0.717) is 17.9 Å². The molecule has 1 amide bonds. The minimum Gasteiger partial charge on any atom is -0.496 e. The number of thiophene rings is 1. The Morgan fingerprint density at radius 3 is 2.58 bits per heavy atom. The summed E-state index contributed by atoms with van der Waals surface area (Å²) < 4.78 is 7.84. The standard InChI is InChI=1S/C29H28N4O2S/c1-29(2,3)32(4)28(34)27-31-25(24-11-8-14-36-24)26-21-16-22(20-10-7-6-9-19(20)17-30)23(35-5)15-18(21)12-13-33(26)27/h6-11,14-16H,12-13H2,1-5H3. The van der Waals surface area contributed by atoms with Crippen LogP contribution in [0.5, 0.6) is 5.75 Å². The van der Waals surface area contributed by atoms with E-state index >= 15 is 0 Å². The van der Waals surface area contributed by atoms with Gasteiger partial charge in [-0.2, -0.15) is 5.26 Å². The molecule has 6 nitrogen and oxygen atoms in total. The van der Waals surface area contributed by atoms with Gasteiger partial charge in [-0.25, -0.2) is 4.98 Å². The quantitative estimate of drug-likeness (QED) is 0.335. The molecule has 0 atom stereocenters. The number of carbonyl (C=O) groups is 1. The van der Waals surface area contributed by atoms with E-state index in [1.807, 2.05) is 69.6 Å². The highest BCUT2D eigenvalue weighted by Gasteiger charge is 2.33. The lowest BCUT2D eigenvalue weighted by Gasteiger charge is -2.32. The SMILES string of the molecule is COc1cc2c(cc1-c1ccccc1C#N)-c1c(-c3cccs3)nc(C(=O)N(C)C(C)(C)C)n1CC2. The number of carbonyl (C=O) groups excluding carboxylic acids is 1. The summed E-state index contributed by atoms with van der Waals surface area (Å²) >= 11 is 1.61. The second-order valence-corrected chi connectivity index (χ2v) is 10.9. The van der Waals surface area contributed by atoms with Crippen LogP contribution in [0.4, 0.5) is 0 Å². The molecule has 0 bridgehead atoms. The third kappa shape index (κ3) is 3.88. The van der Waals surface area contributed by atoms with Crippen molar-refractivity contribution < 1.29 is 9.53 Å². The number of methoxy groups -OCH3 is 1. The molecule has 7 heteroatoms. The third-order valence-corrected chi connectivity index (χ3v) is 7.72. The van der Waals surface area contributed by atoms with Gasteiger partial charge in [-0.1, -0.05) is 24.3 Å². The van der Waals surface area contributed by atoms with Crippen molar-refractivity contribution in [1.82, 2.24) is 14.5 Å². The van der Waals surface area contributed by atoms with Gasteiger partial charge in [0.2, 0.25) is 0 Å². The lowest BCUT2D eigenvalue weighted by Crippen LogP contribution is -2.43. The number of fused-ring (bicyclic) bond motifs is 3. The number of hydrogen-bond donors (Lipinski definition) is 0. The highest BCUT2D eigenvalue weighted by atomic mass is 32.1. The Labute approximate surface area is 215 Å². The zero-order valence-electron chi connectivity index (χ0n) is 21.1. The average Bonchev–Trinajstić information content (AvgIpc) is 3.54. The zero-order chi connectivity index (χ0) is 25.6. The van der Waals surface area contributed by atoms with Gasteiger partial charge in [0, 0.05) is 35.8 Å². The number of hydrogen-bond acceptors (Lipinski definition) is 5. The number of benzene rings is 2. The van der Waals surface area contributed by atoms with E-state index in [1.165, 1.54) is 0 Å². The van der Waals surface area contributed by atoms with Crippen molar-refractivity contribution in [2.24, 2.45) is 0 Å². The minimum atomic E-state index is -0.333. The Balaban J connectivity index is 1.77. The molecule has 4 aromatic rings. The summed E-state index contributed by atoms with van der Waals surface area (Å²) in [5.41, 5.74) is 5.81. The lowest BCUT2D eigenvalue weighted by atomic mass is 9.90. The van der Waals surface area contributed by atoms with Crippen molar-refractivity contribution in [2.75, 3.05) is 14.2 Å². The number of aromatic nitrogens is 2. The molecule has 1 aliphatic heterocycles. The van der Waals surface area contributed by atoms with Crippen LogP contribution >= 0.6 is 11.3 Å². The molecule has 2 aromatic heterocycles. The molecule has 0 N–H and O–H groups in total. The normalized spacial score (nSPS) is 12.4. The summed E-state index contributed by atoms with van der Waals surface area (Å²) in [5, 5.41) is 11.8. The molecule has 2 aromatic carbocycles. The Kier molecular flexibility index (Phi) is 5.93. The smallest absolute Gasteiger partial charge is 0.290 e. The van der Waals surface area contributed by atoms with Gasteiger partial charge in [-0.05, 0) is 62.4 Å². The van der Waals surface area contributed by atoms with E-state index < -0.39 is 0 Å². The molecule has 182 valence electrons. The zero-order valence-corrected chi connectivity index (χ0v) is 21.9. The number of amides is 1. The van der Waals surface area contributed by atoms with E-state index in [0.717, 1.165) is 50.7 Å². The highest BCUT2D eigenvalue weighted by molar-refractivity contribution is 7.13. The predicted octanol–water partition coefficient (Wildman–Crippen LogP) is 6.25. The van der Waals surface area contributed by atoms with Gasteiger partial charge in [-0.15, -0.1) is 11.3 Å². The van der Waals surface area contributed by atoms with Crippen molar-refractivity contribution in [3.63, 3.8) is 0 Å². The molecule has 1 aliphatic rings. The number of nitrogens with zero attached hydrogens (tertiary/aromatic N) is 4. The first-order valence-corrected chi connectivity index (χ1v) is 12.8. The molecule has 0 saturated carbocycles. The van der Waals surface area contributed by atoms with Gasteiger partial charge in [-0.3, -0.25) is 4.79 Å². The topological polar surface area (TPSA) is 71.2 Å². The van der Waals surface area contributed by atoms with Crippen LogP contribution in [0.15, 0.2) is 53.9 Å². The summed E-state index contributed by atoms with van der Waals surface area (Å²) in [5.74, 6) is 1.08. The van der Waals surface area contributed by atoms with Gasteiger partial charge >= 0.3 is 0 Å². The van der Waals surface area contributed by atoms with E-state index in [4.69, 9.17) is 9.72 Å². The predicted molar refractivity (Wildman–Crippen MR) is 143 cm³/mol. The first-order valence-electron chi connectivity index (χ1n) is 11.9. The van der Waals surface area contributed by atoms with Crippen LogP contribution in [0.1, 0.15) is 42.5 Å². The molecule has 0 spiro atoms. The van der Waals surface area contributed by atoms with Crippen LogP contribution in [0.3, 0.4) is 0 Å². The largest absolute Gasteiger partial charge is 0.496 e. The number of aryl methyl sites for hydroxylation is 1. The van der Waals surface area contributed by atoms with Gasteiger partial charge in [0.15, 0.2) is 5.82 Å². The first-order chi connectivity index (χ1) is 17.2. The maximum Gasteiger partial charge on any atom is 0.290 e. The summed E-state index contributed by atoms with van der Waals surface area (Å²) in [6.45, 7) is 6.71. The van der Waals surface area contributed by atoms with E-state index in [9.17, 15) is 10.1 Å². The van der Waals surface area contributed by atoms with Crippen LogP contribution in [0, 0.1) is 11.3 Å². The molecule has 5 rings (SSSR count).